The van der Waals surface area contributed by atoms with Crippen LogP contribution in [0.25, 0.3) is 0 Å². The van der Waals surface area contributed by atoms with Crippen LogP contribution in [0.15, 0.2) is 22.7 Å². The Morgan fingerprint density at radius 2 is 2.27 bits per heavy atom. The molecule has 0 aromatic heterocycles. The molecule has 0 heterocycles. The first-order valence-electron chi connectivity index (χ1n) is 3.27. The van der Waals surface area contributed by atoms with E-state index < -0.39 is 0 Å². The predicted octanol–water partition coefficient (Wildman–Crippen LogP) is 2.18. The number of halogens is 1. The SMILES string of the molecule is COCc1c(N)cccc1Br. The summed E-state index contributed by atoms with van der Waals surface area (Å²) >= 11 is 3.39. The number of hydrogen-bond acceptors (Lipinski definition) is 2. The molecular weight excluding hydrogens is 206 g/mol. The summed E-state index contributed by atoms with van der Waals surface area (Å²) in [5, 5.41) is 0. The second-order valence-electron chi connectivity index (χ2n) is 2.24. The third-order valence-electron chi connectivity index (χ3n) is 1.44. The summed E-state index contributed by atoms with van der Waals surface area (Å²) in [4.78, 5) is 0. The Morgan fingerprint density at radius 3 is 2.82 bits per heavy atom. The molecule has 1 rings (SSSR count). The lowest BCUT2D eigenvalue weighted by Crippen LogP contribution is -1.96. The van der Waals surface area contributed by atoms with Crippen LogP contribution in [0.5, 0.6) is 0 Å². The predicted molar refractivity (Wildman–Crippen MR) is 49.3 cm³/mol. The third kappa shape index (κ3) is 1.94. The standard InChI is InChI=1S/C8H10BrNO/c1-11-5-6-7(9)3-2-4-8(6)10/h2-4H,5,10H2,1H3. The quantitative estimate of drug-likeness (QED) is 0.769. The number of anilines is 1. The van der Waals surface area contributed by atoms with Crippen molar-refractivity contribution in [3.05, 3.63) is 28.2 Å². The molecule has 0 bridgehead atoms. The first kappa shape index (κ1) is 8.56. The van der Waals surface area contributed by atoms with Crippen LogP contribution in [-0.2, 0) is 11.3 Å². The van der Waals surface area contributed by atoms with Crippen molar-refractivity contribution < 1.29 is 4.74 Å². The minimum absolute atomic E-state index is 0.549. The van der Waals surface area contributed by atoms with Gasteiger partial charge in [-0.3, -0.25) is 0 Å². The van der Waals surface area contributed by atoms with Crippen LogP contribution >= 0.6 is 15.9 Å². The molecule has 0 aliphatic heterocycles. The Hall–Kier alpha value is -0.540. The maximum atomic E-state index is 5.70. The van der Waals surface area contributed by atoms with E-state index in [1.165, 1.54) is 0 Å². The fraction of sp³-hybridized carbons (Fsp3) is 0.250. The lowest BCUT2D eigenvalue weighted by molar-refractivity contribution is 0.185. The van der Waals surface area contributed by atoms with Crippen molar-refractivity contribution in [2.45, 2.75) is 6.61 Å². The van der Waals surface area contributed by atoms with Gasteiger partial charge in [-0.05, 0) is 12.1 Å². The molecule has 0 fully saturated rings. The van der Waals surface area contributed by atoms with E-state index in [9.17, 15) is 0 Å². The van der Waals surface area contributed by atoms with Gasteiger partial charge in [-0.15, -0.1) is 0 Å². The second-order valence-corrected chi connectivity index (χ2v) is 3.09. The first-order chi connectivity index (χ1) is 5.25. The van der Waals surface area contributed by atoms with E-state index in [1.54, 1.807) is 7.11 Å². The van der Waals surface area contributed by atoms with E-state index in [2.05, 4.69) is 15.9 Å². The monoisotopic (exact) mass is 215 g/mol. The fourth-order valence-electron chi connectivity index (χ4n) is 0.872. The van der Waals surface area contributed by atoms with Gasteiger partial charge in [0.05, 0.1) is 6.61 Å². The fourth-order valence-corrected chi connectivity index (χ4v) is 1.37. The van der Waals surface area contributed by atoms with Gasteiger partial charge < -0.3 is 10.5 Å². The molecule has 2 nitrogen and oxygen atoms in total. The van der Waals surface area contributed by atoms with Crippen LogP contribution in [0.1, 0.15) is 5.56 Å². The van der Waals surface area contributed by atoms with E-state index in [0.717, 1.165) is 15.7 Å². The Morgan fingerprint density at radius 1 is 1.55 bits per heavy atom. The van der Waals surface area contributed by atoms with E-state index in [0.29, 0.717) is 6.61 Å². The van der Waals surface area contributed by atoms with Gasteiger partial charge in [0, 0.05) is 22.8 Å². The molecule has 0 amide bonds. The molecule has 11 heavy (non-hydrogen) atoms. The average molecular weight is 216 g/mol. The normalized spacial score (nSPS) is 10.0. The molecular formula is C8H10BrNO. The number of benzene rings is 1. The Labute approximate surface area is 74.5 Å². The Bertz CT molecular complexity index is 230. The van der Waals surface area contributed by atoms with Crippen molar-refractivity contribution in [1.82, 2.24) is 0 Å². The molecule has 60 valence electrons. The summed E-state index contributed by atoms with van der Waals surface area (Å²) in [6.45, 7) is 0.549. The first-order valence-corrected chi connectivity index (χ1v) is 4.07. The van der Waals surface area contributed by atoms with Crippen molar-refractivity contribution in [2.75, 3.05) is 12.8 Å². The van der Waals surface area contributed by atoms with Gasteiger partial charge in [-0.25, -0.2) is 0 Å². The molecule has 0 aliphatic carbocycles. The smallest absolute Gasteiger partial charge is 0.0744 e. The maximum Gasteiger partial charge on any atom is 0.0744 e. The molecule has 0 unspecified atom stereocenters. The zero-order chi connectivity index (χ0) is 8.27. The number of methoxy groups -OCH3 is 1. The zero-order valence-electron chi connectivity index (χ0n) is 6.30. The summed E-state index contributed by atoms with van der Waals surface area (Å²) in [7, 11) is 1.65. The van der Waals surface area contributed by atoms with Crippen molar-refractivity contribution >= 4 is 21.6 Å². The van der Waals surface area contributed by atoms with Crippen LogP contribution in [0.2, 0.25) is 0 Å². The van der Waals surface area contributed by atoms with Gasteiger partial charge in [0.15, 0.2) is 0 Å². The molecule has 1 aromatic carbocycles. The van der Waals surface area contributed by atoms with Crippen LogP contribution in [0, 0.1) is 0 Å². The third-order valence-corrected chi connectivity index (χ3v) is 2.19. The van der Waals surface area contributed by atoms with Gasteiger partial charge in [0.1, 0.15) is 0 Å². The Kier molecular flexibility index (Phi) is 2.91. The van der Waals surface area contributed by atoms with Gasteiger partial charge >= 0.3 is 0 Å². The largest absolute Gasteiger partial charge is 0.398 e. The number of hydrogen-bond donors (Lipinski definition) is 1. The summed E-state index contributed by atoms with van der Waals surface area (Å²) in [6, 6.07) is 5.71. The highest BCUT2D eigenvalue weighted by Crippen LogP contribution is 2.22. The van der Waals surface area contributed by atoms with E-state index in [4.69, 9.17) is 10.5 Å². The topological polar surface area (TPSA) is 35.2 Å². The van der Waals surface area contributed by atoms with Crippen LogP contribution in [0.4, 0.5) is 5.69 Å². The molecule has 2 N–H and O–H groups in total. The number of nitrogens with two attached hydrogens (primary N) is 1. The van der Waals surface area contributed by atoms with Gasteiger partial charge in [-0.1, -0.05) is 22.0 Å². The molecule has 0 radical (unpaired) electrons. The summed E-state index contributed by atoms with van der Waals surface area (Å²) in [6.07, 6.45) is 0. The number of ether oxygens (including phenoxy) is 1. The molecule has 0 atom stereocenters. The lowest BCUT2D eigenvalue weighted by Gasteiger charge is -2.05. The highest BCUT2D eigenvalue weighted by Gasteiger charge is 2.01. The molecule has 0 aliphatic rings. The van der Waals surface area contributed by atoms with Crippen LogP contribution in [-0.4, -0.2) is 7.11 Å². The van der Waals surface area contributed by atoms with Crippen molar-refractivity contribution in [3.63, 3.8) is 0 Å². The maximum absolute atomic E-state index is 5.70. The van der Waals surface area contributed by atoms with E-state index >= 15 is 0 Å². The summed E-state index contributed by atoms with van der Waals surface area (Å²) in [5.74, 6) is 0. The van der Waals surface area contributed by atoms with Crippen LogP contribution in [0.3, 0.4) is 0 Å². The lowest BCUT2D eigenvalue weighted by atomic mass is 10.2. The molecule has 3 heteroatoms. The summed E-state index contributed by atoms with van der Waals surface area (Å²) in [5.41, 5.74) is 7.47. The average Bonchev–Trinajstić information content (AvgIpc) is 1.97. The molecule has 0 spiro atoms. The molecule has 1 aromatic rings. The zero-order valence-corrected chi connectivity index (χ0v) is 7.89. The molecule has 0 saturated heterocycles. The van der Waals surface area contributed by atoms with Crippen molar-refractivity contribution in [2.24, 2.45) is 0 Å². The number of rotatable bonds is 2. The molecule has 0 saturated carbocycles. The van der Waals surface area contributed by atoms with Gasteiger partial charge in [-0.2, -0.15) is 0 Å². The van der Waals surface area contributed by atoms with Crippen molar-refractivity contribution in [3.8, 4) is 0 Å². The number of nitrogen functional groups attached to an aromatic ring is 1. The minimum atomic E-state index is 0.549. The Balaban J connectivity index is 3.00. The van der Waals surface area contributed by atoms with Gasteiger partial charge in [0.25, 0.3) is 0 Å². The highest BCUT2D eigenvalue weighted by atomic mass is 79.9. The second kappa shape index (κ2) is 3.74. The summed E-state index contributed by atoms with van der Waals surface area (Å²) < 4.78 is 5.98. The van der Waals surface area contributed by atoms with E-state index in [1.807, 2.05) is 18.2 Å². The van der Waals surface area contributed by atoms with Crippen LogP contribution < -0.4 is 5.73 Å². The minimum Gasteiger partial charge on any atom is -0.398 e. The highest BCUT2D eigenvalue weighted by molar-refractivity contribution is 9.10. The van der Waals surface area contributed by atoms with Gasteiger partial charge in [0.2, 0.25) is 0 Å². The van der Waals surface area contributed by atoms with E-state index in [-0.39, 0.29) is 0 Å². The van der Waals surface area contributed by atoms with Crippen molar-refractivity contribution in [1.29, 1.82) is 0 Å².